The predicted octanol–water partition coefficient (Wildman–Crippen LogP) is 8.13. The molecule has 0 bridgehead atoms. The zero-order valence-corrected chi connectivity index (χ0v) is 25.6. The van der Waals surface area contributed by atoms with Crippen molar-refractivity contribution in [2.45, 2.75) is 77.6 Å². The minimum atomic E-state index is -1.94. The van der Waals surface area contributed by atoms with Crippen molar-refractivity contribution in [1.82, 2.24) is 14.7 Å². The first-order valence-electron chi connectivity index (χ1n) is 13.9. The van der Waals surface area contributed by atoms with E-state index in [1.54, 1.807) is 6.07 Å². The van der Waals surface area contributed by atoms with Crippen LogP contribution in [0.3, 0.4) is 0 Å². The maximum Gasteiger partial charge on any atom is 0.127 e. The fraction of sp³-hybridized carbons (Fsp3) is 0.455. The Labute approximate surface area is 242 Å². The molecule has 3 nitrogen and oxygen atoms in total. The summed E-state index contributed by atoms with van der Waals surface area (Å²) in [6, 6.07) is 15.7. The van der Waals surface area contributed by atoms with Gasteiger partial charge in [-0.05, 0) is 62.4 Å². The number of hydrogen-bond acceptors (Lipinski definition) is 3. The normalized spacial score (nSPS) is 18.6. The summed E-state index contributed by atoms with van der Waals surface area (Å²) in [5, 5.41) is 0.710. The van der Waals surface area contributed by atoms with Crippen molar-refractivity contribution >= 4 is 19.4 Å². The highest BCUT2D eigenvalue weighted by Crippen LogP contribution is 2.48. The van der Waals surface area contributed by atoms with E-state index in [1.165, 1.54) is 6.92 Å². The van der Waals surface area contributed by atoms with Gasteiger partial charge in [0, 0.05) is 37.9 Å². The molecule has 2 aromatic rings. The summed E-state index contributed by atoms with van der Waals surface area (Å²) < 4.78 is 15.0. The molecule has 1 aliphatic heterocycles. The van der Waals surface area contributed by atoms with Crippen molar-refractivity contribution in [3.05, 3.63) is 106 Å². The Morgan fingerprint density at radius 1 is 1.08 bits per heavy atom. The average Bonchev–Trinajstić information content (AvgIpc) is 3.13. The summed E-state index contributed by atoms with van der Waals surface area (Å²) in [6.45, 7) is 20.9. The van der Waals surface area contributed by atoms with Crippen LogP contribution in [0.15, 0.2) is 84.4 Å². The van der Waals surface area contributed by atoms with Crippen molar-refractivity contribution in [3.8, 4) is 0 Å². The van der Waals surface area contributed by atoms with Crippen molar-refractivity contribution in [1.29, 1.82) is 0 Å². The molecule has 0 saturated carbocycles. The van der Waals surface area contributed by atoms with Crippen LogP contribution in [0.4, 0.5) is 4.39 Å². The smallest absolute Gasteiger partial charge is 0.127 e. The molecular weight excluding hydrogens is 504 g/mol. The van der Waals surface area contributed by atoms with Crippen LogP contribution in [0.2, 0.25) is 5.02 Å². The van der Waals surface area contributed by atoms with E-state index in [2.05, 4.69) is 87.8 Å². The van der Waals surface area contributed by atoms with Gasteiger partial charge < -0.3 is 14.7 Å². The SMILES string of the molecule is [B]C(C)(F)c1cccc(C(C)(C(=C)CCC)C2N(C)C(C)=C(C(=C)N(C)CCC)N2Cc2ccc(Cl)cc2)c1. The van der Waals surface area contributed by atoms with Crippen LogP contribution in [0.25, 0.3) is 0 Å². The lowest BCUT2D eigenvalue weighted by Gasteiger charge is -2.47. The van der Waals surface area contributed by atoms with E-state index in [9.17, 15) is 4.39 Å². The van der Waals surface area contributed by atoms with Gasteiger partial charge in [0.05, 0.1) is 22.4 Å². The van der Waals surface area contributed by atoms with Gasteiger partial charge in [-0.15, -0.1) is 0 Å². The zero-order chi connectivity index (χ0) is 29.1. The van der Waals surface area contributed by atoms with Crippen molar-refractivity contribution < 1.29 is 4.39 Å². The van der Waals surface area contributed by atoms with Crippen molar-refractivity contribution in [3.63, 3.8) is 0 Å². The van der Waals surface area contributed by atoms with Gasteiger partial charge in [-0.1, -0.05) is 87.0 Å². The third-order valence-electron chi connectivity index (χ3n) is 8.21. The molecule has 6 heteroatoms. The lowest BCUT2D eigenvalue weighted by molar-refractivity contribution is 0.0905. The molecule has 1 heterocycles. The predicted molar refractivity (Wildman–Crippen MR) is 165 cm³/mol. The second kappa shape index (κ2) is 12.2. The highest BCUT2D eigenvalue weighted by atomic mass is 35.5. The molecule has 3 atom stereocenters. The standard InChI is InChI=1S/C33H44BClFN3/c1-10-13-23(3)32(6,27-14-12-15-28(21-27)33(7,34)36)31-38(9)25(5)30(24(4)37(8)20-11-2)39(31)22-26-16-18-29(35)19-17-26/h12,14-19,21,31H,3-4,10-11,13,20,22H2,1-2,5-9H3. The second-order valence-electron chi connectivity index (χ2n) is 11.3. The quantitative estimate of drug-likeness (QED) is 0.196. The lowest BCUT2D eigenvalue weighted by Crippen LogP contribution is -2.53. The molecule has 3 rings (SSSR count). The van der Waals surface area contributed by atoms with Crippen LogP contribution in [0, 0.1) is 0 Å². The summed E-state index contributed by atoms with van der Waals surface area (Å²) >= 11 is 6.23. The minimum absolute atomic E-state index is 0.132. The number of nitrogens with zero attached hydrogens (tertiary/aromatic N) is 3. The van der Waals surface area contributed by atoms with E-state index < -0.39 is 11.0 Å². The summed E-state index contributed by atoms with van der Waals surface area (Å²) in [7, 11) is 10.2. The van der Waals surface area contributed by atoms with Crippen LogP contribution in [0.1, 0.15) is 70.6 Å². The molecule has 0 N–H and O–H groups in total. The summed E-state index contributed by atoms with van der Waals surface area (Å²) in [6.07, 6.45) is 2.70. The number of likely N-dealkylation sites (N-methyl/N-ethyl adjacent to an activating group) is 2. The van der Waals surface area contributed by atoms with Gasteiger partial charge in [0.15, 0.2) is 0 Å². The molecule has 0 saturated heterocycles. The van der Waals surface area contributed by atoms with Crippen LogP contribution in [-0.2, 0) is 17.5 Å². The third kappa shape index (κ3) is 6.24. The van der Waals surface area contributed by atoms with E-state index in [0.717, 1.165) is 59.6 Å². The van der Waals surface area contributed by atoms with Gasteiger partial charge in [-0.25, -0.2) is 0 Å². The van der Waals surface area contributed by atoms with E-state index in [0.29, 0.717) is 17.1 Å². The molecule has 39 heavy (non-hydrogen) atoms. The third-order valence-corrected chi connectivity index (χ3v) is 8.46. The first-order chi connectivity index (χ1) is 18.3. The minimum Gasteiger partial charge on any atom is -0.373 e. The Morgan fingerprint density at radius 3 is 2.26 bits per heavy atom. The number of halogens is 2. The first kappa shape index (κ1) is 30.9. The van der Waals surface area contributed by atoms with Gasteiger partial charge in [0.1, 0.15) is 14.0 Å². The van der Waals surface area contributed by atoms with Gasteiger partial charge >= 0.3 is 0 Å². The molecule has 0 spiro atoms. The topological polar surface area (TPSA) is 9.72 Å². The summed E-state index contributed by atoms with van der Waals surface area (Å²) in [5.74, 6) is 0. The zero-order valence-electron chi connectivity index (χ0n) is 24.8. The first-order valence-corrected chi connectivity index (χ1v) is 14.3. The van der Waals surface area contributed by atoms with Crippen molar-refractivity contribution in [2.75, 3.05) is 20.6 Å². The molecule has 0 fully saturated rings. The highest BCUT2D eigenvalue weighted by Gasteiger charge is 2.49. The molecule has 0 aliphatic carbocycles. The largest absolute Gasteiger partial charge is 0.373 e. The van der Waals surface area contributed by atoms with E-state index in [1.807, 2.05) is 24.3 Å². The summed E-state index contributed by atoms with van der Waals surface area (Å²) in [4.78, 5) is 7.00. The molecule has 2 aromatic carbocycles. The molecule has 208 valence electrons. The number of hydrogen-bond donors (Lipinski definition) is 0. The van der Waals surface area contributed by atoms with Crippen molar-refractivity contribution in [2.24, 2.45) is 0 Å². The molecule has 0 amide bonds. The monoisotopic (exact) mass is 547 g/mol. The molecule has 2 radical (unpaired) electrons. The molecular formula is C33H44BClFN3. The Morgan fingerprint density at radius 2 is 1.69 bits per heavy atom. The van der Waals surface area contributed by atoms with E-state index in [-0.39, 0.29) is 6.17 Å². The van der Waals surface area contributed by atoms with E-state index >= 15 is 0 Å². The molecule has 0 aromatic heterocycles. The number of alkyl halides is 1. The fourth-order valence-corrected chi connectivity index (χ4v) is 5.94. The Kier molecular flexibility index (Phi) is 9.70. The van der Waals surface area contributed by atoms with Crippen LogP contribution in [-0.4, -0.2) is 49.4 Å². The van der Waals surface area contributed by atoms with E-state index in [4.69, 9.17) is 19.4 Å². The van der Waals surface area contributed by atoms with Crippen LogP contribution < -0.4 is 0 Å². The number of benzene rings is 2. The van der Waals surface area contributed by atoms with Gasteiger partial charge in [-0.2, -0.15) is 0 Å². The number of rotatable bonds is 12. The molecule has 3 unspecified atom stereocenters. The Hall–Kier alpha value is -2.66. The Bertz CT molecular complexity index is 1220. The Balaban J connectivity index is 2.25. The lowest BCUT2D eigenvalue weighted by atomic mass is 9.69. The maximum absolute atomic E-state index is 15.0. The van der Waals surface area contributed by atoms with Crippen LogP contribution >= 0.6 is 11.6 Å². The van der Waals surface area contributed by atoms with Gasteiger partial charge in [-0.3, -0.25) is 4.39 Å². The maximum atomic E-state index is 15.0. The number of allylic oxidation sites excluding steroid dienone is 1. The highest BCUT2D eigenvalue weighted by molar-refractivity contribution is 6.30. The average molecular weight is 548 g/mol. The summed E-state index contributed by atoms with van der Waals surface area (Å²) in [5.41, 5.74) is 4.43. The second-order valence-corrected chi connectivity index (χ2v) is 11.7. The van der Waals surface area contributed by atoms with Gasteiger partial charge in [0.2, 0.25) is 0 Å². The van der Waals surface area contributed by atoms with Gasteiger partial charge in [0.25, 0.3) is 0 Å². The van der Waals surface area contributed by atoms with Crippen LogP contribution in [0.5, 0.6) is 0 Å². The fourth-order valence-electron chi connectivity index (χ4n) is 5.81. The molecule has 1 aliphatic rings.